The Bertz CT molecular complexity index is 266. The Kier molecular flexibility index (Phi) is 7.43. The molecule has 0 aliphatic rings. The third-order valence-corrected chi connectivity index (χ3v) is 2.49. The molecule has 0 aromatic heterocycles. The van der Waals surface area contributed by atoms with Crippen molar-refractivity contribution in [3.05, 3.63) is 0 Å². The molecule has 0 saturated carbocycles. The van der Waals surface area contributed by atoms with Crippen molar-refractivity contribution in [2.75, 3.05) is 13.1 Å². The van der Waals surface area contributed by atoms with E-state index >= 15 is 0 Å². The van der Waals surface area contributed by atoms with Gasteiger partial charge in [0.15, 0.2) is 0 Å². The van der Waals surface area contributed by atoms with Gasteiger partial charge in [-0.25, -0.2) is 19.6 Å². The lowest BCUT2D eigenvalue weighted by Gasteiger charge is -2.26. The molecule has 0 aromatic carbocycles. The van der Waals surface area contributed by atoms with Crippen LogP contribution >= 0.6 is 0 Å². The molecule has 0 N–H and O–H groups in total. The summed E-state index contributed by atoms with van der Waals surface area (Å²) in [6, 6.07) is 0. The Morgan fingerprint density at radius 2 is 1.80 bits per heavy atom. The van der Waals surface area contributed by atoms with E-state index in [0.717, 1.165) is 25.7 Å². The highest BCUT2D eigenvalue weighted by Gasteiger charge is 2.22. The molecule has 1 unspecified atom stereocenters. The maximum Gasteiger partial charge on any atom is 0.234 e. The molecule has 0 aromatic rings. The molecule has 0 spiro atoms. The van der Waals surface area contributed by atoms with E-state index < -0.39 is 0 Å². The lowest BCUT2D eigenvalue weighted by atomic mass is 9.81. The molecule has 0 heterocycles. The van der Waals surface area contributed by atoms with Crippen LogP contribution in [0.2, 0.25) is 0 Å². The lowest BCUT2D eigenvalue weighted by Crippen LogP contribution is -2.20. The van der Waals surface area contributed by atoms with Gasteiger partial charge in [0.25, 0.3) is 0 Å². The summed E-state index contributed by atoms with van der Waals surface area (Å²) in [6.07, 6.45) is 6.91. The normalized spacial score (nSPS) is 13.5. The van der Waals surface area contributed by atoms with Crippen LogP contribution in [0.3, 0.4) is 0 Å². The first-order chi connectivity index (χ1) is 7.18. The van der Waals surface area contributed by atoms with Gasteiger partial charge < -0.3 is 0 Å². The first kappa shape index (κ1) is 13.8. The highest BCUT2D eigenvalue weighted by molar-refractivity contribution is 5.33. The van der Waals surface area contributed by atoms with E-state index in [4.69, 9.17) is 0 Å². The Balaban J connectivity index is 4.10. The van der Waals surface area contributed by atoms with Crippen LogP contribution in [0, 0.1) is 5.41 Å². The van der Waals surface area contributed by atoms with Crippen molar-refractivity contribution < 1.29 is 9.59 Å². The molecule has 0 fully saturated rings. The predicted molar refractivity (Wildman–Crippen MR) is 58.2 cm³/mol. The summed E-state index contributed by atoms with van der Waals surface area (Å²) in [6.45, 7) is 5.22. The van der Waals surface area contributed by atoms with Crippen molar-refractivity contribution in [1.29, 1.82) is 0 Å². The molecule has 0 amide bonds. The SMILES string of the molecule is CCCC(C)(CCCN=C=O)CN=C=O. The maximum atomic E-state index is 10.1. The Morgan fingerprint density at radius 1 is 1.13 bits per heavy atom. The summed E-state index contributed by atoms with van der Waals surface area (Å²) in [5.74, 6) is 0. The first-order valence-electron chi connectivity index (χ1n) is 5.26. The fourth-order valence-electron chi connectivity index (χ4n) is 1.74. The summed E-state index contributed by atoms with van der Waals surface area (Å²) in [5, 5.41) is 0. The number of rotatable bonds is 8. The van der Waals surface area contributed by atoms with E-state index in [-0.39, 0.29) is 5.41 Å². The van der Waals surface area contributed by atoms with Crippen molar-refractivity contribution in [1.82, 2.24) is 0 Å². The minimum absolute atomic E-state index is 0.0323. The first-order valence-corrected chi connectivity index (χ1v) is 5.26. The molecule has 0 saturated heterocycles. The zero-order valence-corrected chi connectivity index (χ0v) is 9.45. The molecule has 0 bridgehead atoms. The van der Waals surface area contributed by atoms with E-state index in [1.165, 1.54) is 6.08 Å². The van der Waals surface area contributed by atoms with Gasteiger partial charge in [-0.15, -0.1) is 0 Å². The van der Waals surface area contributed by atoms with E-state index in [2.05, 4.69) is 23.8 Å². The zero-order valence-electron chi connectivity index (χ0n) is 9.45. The fraction of sp³-hybridized carbons (Fsp3) is 0.818. The molecule has 0 rings (SSSR count). The van der Waals surface area contributed by atoms with E-state index in [9.17, 15) is 9.59 Å². The van der Waals surface area contributed by atoms with Gasteiger partial charge >= 0.3 is 0 Å². The summed E-state index contributed by atoms with van der Waals surface area (Å²) >= 11 is 0. The Labute approximate surface area is 90.5 Å². The van der Waals surface area contributed by atoms with Crippen molar-refractivity contribution in [3.8, 4) is 0 Å². The van der Waals surface area contributed by atoms with Gasteiger partial charge in [0, 0.05) is 0 Å². The monoisotopic (exact) mass is 210 g/mol. The number of isocyanates is 2. The number of hydrogen-bond donors (Lipinski definition) is 0. The number of carbonyl (C=O) groups excluding carboxylic acids is 2. The van der Waals surface area contributed by atoms with Crippen LogP contribution in [0.1, 0.15) is 39.5 Å². The molecular weight excluding hydrogens is 192 g/mol. The Hall–Kier alpha value is -1.24. The molecule has 0 radical (unpaired) electrons. The summed E-state index contributed by atoms with van der Waals surface area (Å²) in [7, 11) is 0. The highest BCUT2D eigenvalue weighted by atomic mass is 16.1. The lowest BCUT2D eigenvalue weighted by molar-refractivity contribution is 0.275. The molecule has 0 aliphatic carbocycles. The minimum Gasteiger partial charge on any atom is -0.211 e. The van der Waals surface area contributed by atoms with Gasteiger partial charge in [-0.3, -0.25) is 0 Å². The standard InChI is InChI=1S/C11H18N2O2/c1-3-5-11(2,8-13-10-15)6-4-7-12-9-14/h3-8H2,1-2H3. The van der Waals surface area contributed by atoms with Crippen LogP contribution in [-0.2, 0) is 9.59 Å². The predicted octanol–water partition coefficient (Wildman–Crippen LogP) is 2.24. The van der Waals surface area contributed by atoms with Crippen molar-refractivity contribution in [3.63, 3.8) is 0 Å². The number of hydrogen-bond acceptors (Lipinski definition) is 4. The van der Waals surface area contributed by atoms with Gasteiger partial charge in [-0.1, -0.05) is 20.3 Å². The maximum absolute atomic E-state index is 10.1. The second-order valence-corrected chi connectivity index (χ2v) is 4.04. The second kappa shape index (κ2) is 8.10. The molecule has 1 atom stereocenters. The van der Waals surface area contributed by atoms with Crippen LogP contribution in [0.25, 0.3) is 0 Å². The van der Waals surface area contributed by atoms with E-state index in [1.54, 1.807) is 6.08 Å². The third-order valence-electron chi connectivity index (χ3n) is 2.49. The number of nitrogens with zero attached hydrogens (tertiary/aromatic N) is 2. The topological polar surface area (TPSA) is 58.9 Å². The fourth-order valence-corrected chi connectivity index (χ4v) is 1.74. The highest BCUT2D eigenvalue weighted by Crippen LogP contribution is 2.29. The van der Waals surface area contributed by atoms with Crippen molar-refractivity contribution in [2.45, 2.75) is 39.5 Å². The van der Waals surface area contributed by atoms with Crippen LogP contribution < -0.4 is 0 Å². The summed E-state index contributed by atoms with van der Waals surface area (Å²) < 4.78 is 0. The molecule has 84 valence electrons. The van der Waals surface area contributed by atoms with Gasteiger partial charge in [-0.2, -0.15) is 0 Å². The summed E-state index contributed by atoms with van der Waals surface area (Å²) in [4.78, 5) is 27.1. The molecular formula is C11H18N2O2. The van der Waals surface area contributed by atoms with Crippen LogP contribution in [0.15, 0.2) is 9.98 Å². The van der Waals surface area contributed by atoms with Gasteiger partial charge in [0.05, 0.1) is 13.1 Å². The molecule has 15 heavy (non-hydrogen) atoms. The van der Waals surface area contributed by atoms with Crippen LogP contribution in [-0.4, -0.2) is 25.2 Å². The average molecular weight is 210 g/mol. The quantitative estimate of drug-likeness (QED) is 0.350. The van der Waals surface area contributed by atoms with Gasteiger partial charge in [0.1, 0.15) is 0 Å². The molecule has 4 heteroatoms. The van der Waals surface area contributed by atoms with E-state index in [1.807, 2.05) is 0 Å². The van der Waals surface area contributed by atoms with Crippen LogP contribution in [0.4, 0.5) is 0 Å². The minimum atomic E-state index is 0.0323. The average Bonchev–Trinajstić information content (AvgIpc) is 2.22. The largest absolute Gasteiger partial charge is 0.234 e. The van der Waals surface area contributed by atoms with E-state index in [0.29, 0.717) is 13.1 Å². The van der Waals surface area contributed by atoms with Gasteiger partial charge in [0.2, 0.25) is 12.2 Å². The van der Waals surface area contributed by atoms with Crippen molar-refractivity contribution >= 4 is 12.2 Å². The molecule has 0 aliphatic heterocycles. The van der Waals surface area contributed by atoms with Gasteiger partial charge in [-0.05, 0) is 24.7 Å². The molecule has 4 nitrogen and oxygen atoms in total. The second-order valence-electron chi connectivity index (χ2n) is 4.04. The smallest absolute Gasteiger partial charge is 0.211 e. The Morgan fingerprint density at radius 3 is 2.33 bits per heavy atom. The van der Waals surface area contributed by atoms with Crippen LogP contribution in [0.5, 0.6) is 0 Å². The number of aliphatic imine (C=N–C) groups is 2. The third kappa shape index (κ3) is 6.78. The zero-order chi connectivity index (χ0) is 11.6. The van der Waals surface area contributed by atoms with Crippen molar-refractivity contribution in [2.24, 2.45) is 15.4 Å². The summed E-state index contributed by atoms with van der Waals surface area (Å²) in [5.41, 5.74) is 0.0323.